The fraction of sp³-hybridized carbons (Fsp3) is 0.571. The van der Waals surface area contributed by atoms with E-state index in [1.807, 2.05) is 6.07 Å². The van der Waals surface area contributed by atoms with Crippen LogP contribution in [-0.2, 0) is 0 Å². The van der Waals surface area contributed by atoms with Crippen molar-refractivity contribution >= 4 is 5.69 Å². The molecule has 0 bridgehead atoms. The average molecular weight is 252 g/mol. The maximum Gasteiger partial charge on any atom is 0.146 e. The molecule has 1 heterocycles. The van der Waals surface area contributed by atoms with Gasteiger partial charge in [-0.2, -0.15) is 0 Å². The number of nitrogens with zero attached hydrogens (tertiary/aromatic N) is 1. The molecule has 0 saturated carbocycles. The normalized spacial score (nSPS) is 23.1. The Bertz CT molecular complexity index is 409. The monoisotopic (exact) mass is 252 g/mol. The average Bonchev–Trinajstić information content (AvgIpc) is 2.32. The van der Waals surface area contributed by atoms with Gasteiger partial charge < -0.3 is 15.3 Å². The van der Waals surface area contributed by atoms with Crippen molar-refractivity contribution in [3.8, 4) is 0 Å². The first-order valence-electron chi connectivity index (χ1n) is 6.40. The van der Waals surface area contributed by atoms with Crippen LogP contribution in [0.4, 0.5) is 10.1 Å². The molecule has 4 heteroatoms. The molecule has 1 saturated heterocycles. The summed E-state index contributed by atoms with van der Waals surface area (Å²) in [7, 11) is 0. The predicted octanol–water partition coefficient (Wildman–Crippen LogP) is 1.76. The van der Waals surface area contributed by atoms with Crippen molar-refractivity contribution in [2.45, 2.75) is 31.8 Å². The third kappa shape index (κ3) is 2.82. The lowest BCUT2D eigenvalue weighted by Crippen LogP contribution is -2.62. The summed E-state index contributed by atoms with van der Waals surface area (Å²) in [6.45, 7) is 5.84. The summed E-state index contributed by atoms with van der Waals surface area (Å²) < 4.78 is 13.9. The van der Waals surface area contributed by atoms with E-state index in [4.69, 9.17) is 5.11 Å². The second-order valence-electron chi connectivity index (χ2n) is 5.51. The number of anilines is 1. The maximum absolute atomic E-state index is 13.9. The van der Waals surface area contributed by atoms with Crippen molar-refractivity contribution in [1.82, 2.24) is 5.32 Å². The van der Waals surface area contributed by atoms with Gasteiger partial charge in [-0.15, -0.1) is 0 Å². The third-order valence-corrected chi connectivity index (χ3v) is 3.45. The summed E-state index contributed by atoms with van der Waals surface area (Å²) in [6.07, 6.45) is 0.650. The molecule has 18 heavy (non-hydrogen) atoms. The summed E-state index contributed by atoms with van der Waals surface area (Å²) in [5.41, 5.74) is 0.583. The Labute approximate surface area is 108 Å². The van der Waals surface area contributed by atoms with Gasteiger partial charge in [-0.25, -0.2) is 4.39 Å². The number of para-hydroxylation sites is 1. The Kier molecular flexibility index (Phi) is 3.88. The Morgan fingerprint density at radius 3 is 2.83 bits per heavy atom. The molecule has 1 unspecified atom stereocenters. The second-order valence-corrected chi connectivity index (χ2v) is 5.51. The first-order valence-corrected chi connectivity index (χ1v) is 6.40. The van der Waals surface area contributed by atoms with Gasteiger partial charge >= 0.3 is 0 Å². The molecule has 0 amide bonds. The highest BCUT2D eigenvalue weighted by Crippen LogP contribution is 2.27. The molecular weight excluding hydrogens is 231 g/mol. The minimum atomic E-state index is -0.196. The number of nitrogens with one attached hydrogen (secondary N) is 1. The topological polar surface area (TPSA) is 35.5 Å². The number of benzene rings is 1. The highest BCUT2D eigenvalue weighted by atomic mass is 19.1. The van der Waals surface area contributed by atoms with Gasteiger partial charge in [-0.05, 0) is 32.4 Å². The fourth-order valence-electron chi connectivity index (χ4n) is 2.49. The predicted molar refractivity (Wildman–Crippen MR) is 71.3 cm³/mol. The lowest BCUT2D eigenvalue weighted by Gasteiger charge is -2.46. The Morgan fingerprint density at radius 2 is 2.17 bits per heavy atom. The molecule has 0 radical (unpaired) electrons. The van der Waals surface area contributed by atoms with Crippen molar-refractivity contribution in [2.75, 3.05) is 24.6 Å². The molecule has 1 aliphatic rings. The molecular formula is C14H21FN2O. The van der Waals surface area contributed by atoms with Crippen LogP contribution in [0.25, 0.3) is 0 Å². The van der Waals surface area contributed by atoms with Gasteiger partial charge in [0.2, 0.25) is 0 Å². The summed E-state index contributed by atoms with van der Waals surface area (Å²) in [6, 6.07) is 6.98. The molecule has 0 aromatic heterocycles. The Balaban J connectivity index is 2.27. The highest BCUT2D eigenvalue weighted by Gasteiger charge is 2.33. The molecule has 1 aromatic rings. The minimum Gasteiger partial charge on any atom is -0.396 e. The lowest BCUT2D eigenvalue weighted by molar-refractivity contribution is 0.240. The van der Waals surface area contributed by atoms with E-state index in [-0.39, 0.29) is 24.0 Å². The van der Waals surface area contributed by atoms with Crippen LogP contribution in [0, 0.1) is 5.82 Å². The van der Waals surface area contributed by atoms with E-state index in [0.717, 1.165) is 13.1 Å². The van der Waals surface area contributed by atoms with Crippen molar-refractivity contribution in [3.63, 3.8) is 0 Å². The van der Waals surface area contributed by atoms with Gasteiger partial charge in [0.15, 0.2) is 0 Å². The fourth-order valence-corrected chi connectivity index (χ4v) is 2.49. The molecule has 1 fully saturated rings. The molecule has 2 rings (SSSR count). The number of hydrogen-bond acceptors (Lipinski definition) is 3. The quantitative estimate of drug-likeness (QED) is 0.860. The summed E-state index contributed by atoms with van der Waals surface area (Å²) >= 11 is 0. The van der Waals surface area contributed by atoms with Crippen LogP contribution in [-0.4, -0.2) is 36.4 Å². The summed E-state index contributed by atoms with van der Waals surface area (Å²) in [5, 5.41) is 12.6. The molecule has 0 aliphatic carbocycles. The van der Waals surface area contributed by atoms with Crippen LogP contribution in [0.3, 0.4) is 0 Å². The number of piperazine rings is 1. The third-order valence-electron chi connectivity index (χ3n) is 3.45. The van der Waals surface area contributed by atoms with Crippen LogP contribution in [0.15, 0.2) is 24.3 Å². The van der Waals surface area contributed by atoms with Crippen molar-refractivity contribution in [3.05, 3.63) is 30.1 Å². The number of rotatable bonds is 3. The van der Waals surface area contributed by atoms with E-state index in [2.05, 4.69) is 24.1 Å². The van der Waals surface area contributed by atoms with Gasteiger partial charge in [0.1, 0.15) is 5.82 Å². The van der Waals surface area contributed by atoms with E-state index < -0.39 is 0 Å². The van der Waals surface area contributed by atoms with Gasteiger partial charge in [0.25, 0.3) is 0 Å². The van der Waals surface area contributed by atoms with E-state index in [1.54, 1.807) is 12.1 Å². The summed E-state index contributed by atoms with van der Waals surface area (Å²) in [4.78, 5) is 2.07. The van der Waals surface area contributed by atoms with Gasteiger partial charge in [0, 0.05) is 31.3 Å². The number of aliphatic hydroxyl groups is 1. The van der Waals surface area contributed by atoms with Crippen molar-refractivity contribution in [2.24, 2.45) is 0 Å². The van der Waals surface area contributed by atoms with E-state index in [1.165, 1.54) is 6.07 Å². The van der Waals surface area contributed by atoms with Crippen LogP contribution < -0.4 is 10.2 Å². The van der Waals surface area contributed by atoms with E-state index in [9.17, 15) is 4.39 Å². The first kappa shape index (κ1) is 13.3. The SMILES string of the molecule is CC1(C)CN(c2ccccc2F)C(CCO)CN1. The standard InChI is InChI=1S/C14H21FN2O/c1-14(2)10-17(11(7-8-18)9-16-14)13-6-4-3-5-12(13)15/h3-6,11,16,18H,7-10H2,1-2H3. The first-order chi connectivity index (χ1) is 8.53. The molecule has 1 atom stereocenters. The van der Waals surface area contributed by atoms with Crippen molar-refractivity contribution < 1.29 is 9.50 Å². The Morgan fingerprint density at radius 1 is 1.44 bits per heavy atom. The zero-order chi connectivity index (χ0) is 13.2. The number of aliphatic hydroxyl groups excluding tert-OH is 1. The van der Waals surface area contributed by atoms with Crippen molar-refractivity contribution in [1.29, 1.82) is 0 Å². The zero-order valence-electron chi connectivity index (χ0n) is 11.0. The van der Waals surface area contributed by atoms with Gasteiger partial charge in [-0.1, -0.05) is 12.1 Å². The van der Waals surface area contributed by atoms with Gasteiger partial charge in [-0.3, -0.25) is 0 Å². The molecule has 100 valence electrons. The smallest absolute Gasteiger partial charge is 0.146 e. The minimum absolute atomic E-state index is 0.0474. The molecule has 1 aromatic carbocycles. The van der Waals surface area contributed by atoms with E-state index >= 15 is 0 Å². The highest BCUT2D eigenvalue weighted by molar-refractivity contribution is 5.50. The van der Waals surface area contributed by atoms with Crippen LogP contribution >= 0.6 is 0 Å². The number of halogens is 1. The summed E-state index contributed by atoms with van der Waals surface area (Å²) in [5.74, 6) is -0.196. The van der Waals surface area contributed by atoms with Crippen LogP contribution in [0.5, 0.6) is 0 Å². The molecule has 0 spiro atoms. The van der Waals surface area contributed by atoms with E-state index in [0.29, 0.717) is 12.1 Å². The molecule has 3 nitrogen and oxygen atoms in total. The van der Waals surface area contributed by atoms with Crippen LogP contribution in [0.1, 0.15) is 20.3 Å². The number of hydrogen-bond donors (Lipinski definition) is 2. The zero-order valence-corrected chi connectivity index (χ0v) is 11.0. The lowest BCUT2D eigenvalue weighted by atomic mass is 9.96. The maximum atomic E-state index is 13.9. The largest absolute Gasteiger partial charge is 0.396 e. The Hall–Kier alpha value is -1.13. The second kappa shape index (κ2) is 5.24. The molecule has 1 aliphatic heterocycles. The molecule has 2 N–H and O–H groups in total. The van der Waals surface area contributed by atoms with Gasteiger partial charge in [0.05, 0.1) is 5.69 Å². The van der Waals surface area contributed by atoms with Crippen LogP contribution in [0.2, 0.25) is 0 Å².